The van der Waals surface area contributed by atoms with Crippen LogP contribution in [0.1, 0.15) is 30.0 Å². The first-order valence-corrected chi connectivity index (χ1v) is 5.00. The maximum atomic E-state index is 10.6. The predicted octanol–water partition coefficient (Wildman–Crippen LogP) is 1.58. The molecule has 0 bridgehead atoms. The lowest BCUT2D eigenvalue weighted by molar-refractivity contribution is -0.132. The molecule has 2 N–H and O–H groups in total. The predicted molar refractivity (Wildman–Crippen MR) is 59.2 cm³/mol. The van der Waals surface area contributed by atoms with E-state index in [-0.39, 0.29) is 18.2 Å². The third-order valence-electron chi connectivity index (χ3n) is 2.45. The number of rotatable bonds is 5. The van der Waals surface area contributed by atoms with Gasteiger partial charge in [-0.25, -0.2) is 4.79 Å². The fourth-order valence-electron chi connectivity index (χ4n) is 1.56. The van der Waals surface area contributed by atoms with Crippen LogP contribution in [0, 0.1) is 13.8 Å². The zero-order chi connectivity index (χ0) is 12.3. The lowest BCUT2D eigenvalue weighted by atomic mass is 10.1. The molecule has 88 valence electrons. The average molecular weight is 224 g/mol. The molecule has 1 unspecified atom stereocenters. The Morgan fingerprint density at radius 3 is 2.69 bits per heavy atom. The van der Waals surface area contributed by atoms with Crippen molar-refractivity contribution in [2.24, 2.45) is 0 Å². The van der Waals surface area contributed by atoms with Gasteiger partial charge in [0.2, 0.25) is 0 Å². The average Bonchev–Trinajstić information content (AvgIpc) is 2.54. The van der Waals surface area contributed by atoms with Crippen LogP contribution >= 0.6 is 0 Å². The number of aliphatic carboxylic acids is 1. The van der Waals surface area contributed by atoms with Gasteiger partial charge in [0.25, 0.3) is 0 Å². The Labute approximate surface area is 94.1 Å². The first-order valence-electron chi connectivity index (χ1n) is 5.00. The number of carboxylic acids is 1. The molecular formula is C11H16N2O3. The monoisotopic (exact) mass is 224 g/mol. The van der Waals surface area contributed by atoms with E-state index in [1.165, 1.54) is 0 Å². The van der Waals surface area contributed by atoms with Gasteiger partial charge in [-0.15, -0.1) is 0 Å². The second-order valence-corrected chi connectivity index (χ2v) is 3.75. The first kappa shape index (κ1) is 12.4. The van der Waals surface area contributed by atoms with E-state index in [0.29, 0.717) is 0 Å². The minimum Gasteiger partial charge on any atom is -0.478 e. The number of carbonyl (C=O) groups is 1. The third kappa shape index (κ3) is 2.70. The van der Waals surface area contributed by atoms with Gasteiger partial charge >= 0.3 is 5.97 Å². The highest BCUT2D eigenvalue weighted by atomic mass is 16.5. The Kier molecular flexibility index (Phi) is 3.84. The van der Waals surface area contributed by atoms with Crippen molar-refractivity contribution in [3.8, 4) is 0 Å². The molecule has 0 aliphatic carbocycles. The van der Waals surface area contributed by atoms with Gasteiger partial charge in [-0.05, 0) is 20.8 Å². The lowest BCUT2D eigenvalue weighted by Gasteiger charge is -2.13. The SMILES string of the molecule is C=C(CNC(C)c1c(C)noc1C)C(=O)O. The highest BCUT2D eigenvalue weighted by Gasteiger charge is 2.16. The summed E-state index contributed by atoms with van der Waals surface area (Å²) in [6, 6.07) is -0.0117. The molecule has 1 aromatic rings. The van der Waals surface area contributed by atoms with Crippen LogP contribution < -0.4 is 5.32 Å². The number of hydrogen-bond acceptors (Lipinski definition) is 4. The molecule has 0 fully saturated rings. The standard InChI is InChI=1S/C11H16N2O3/c1-6(11(14)15)5-12-7(2)10-8(3)13-16-9(10)4/h7,12H,1,5H2,2-4H3,(H,14,15). The second-order valence-electron chi connectivity index (χ2n) is 3.75. The van der Waals surface area contributed by atoms with Crippen molar-refractivity contribution in [1.82, 2.24) is 10.5 Å². The molecule has 0 amide bonds. The molecule has 0 saturated carbocycles. The normalized spacial score (nSPS) is 12.4. The van der Waals surface area contributed by atoms with E-state index in [0.717, 1.165) is 17.0 Å². The molecular weight excluding hydrogens is 208 g/mol. The Hall–Kier alpha value is -1.62. The molecule has 0 aromatic carbocycles. The summed E-state index contributed by atoms with van der Waals surface area (Å²) in [5, 5.41) is 15.6. The Bertz CT molecular complexity index is 390. The maximum absolute atomic E-state index is 10.6. The van der Waals surface area contributed by atoms with Crippen molar-refractivity contribution in [3.05, 3.63) is 29.2 Å². The molecule has 5 nitrogen and oxygen atoms in total. The van der Waals surface area contributed by atoms with E-state index in [1.54, 1.807) is 0 Å². The first-order chi connectivity index (χ1) is 7.43. The maximum Gasteiger partial charge on any atom is 0.332 e. The van der Waals surface area contributed by atoms with Gasteiger partial charge in [0.15, 0.2) is 0 Å². The van der Waals surface area contributed by atoms with E-state index >= 15 is 0 Å². The van der Waals surface area contributed by atoms with Crippen LogP contribution in [0.4, 0.5) is 0 Å². The zero-order valence-electron chi connectivity index (χ0n) is 9.70. The number of hydrogen-bond donors (Lipinski definition) is 2. The van der Waals surface area contributed by atoms with Crippen molar-refractivity contribution >= 4 is 5.97 Å². The summed E-state index contributed by atoms with van der Waals surface area (Å²) in [5.74, 6) is -0.239. The molecule has 1 atom stereocenters. The van der Waals surface area contributed by atoms with E-state index < -0.39 is 5.97 Å². The van der Waals surface area contributed by atoms with Gasteiger partial charge in [0.05, 0.1) is 5.69 Å². The van der Waals surface area contributed by atoms with E-state index in [2.05, 4.69) is 17.1 Å². The van der Waals surface area contributed by atoms with E-state index in [4.69, 9.17) is 9.63 Å². The Balaban J connectivity index is 2.63. The second kappa shape index (κ2) is 4.94. The quantitative estimate of drug-likeness (QED) is 0.743. The Morgan fingerprint density at radius 1 is 1.62 bits per heavy atom. The molecule has 1 rings (SSSR count). The summed E-state index contributed by atoms with van der Waals surface area (Å²) in [6.45, 7) is 9.31. The van der Waals surface area contributed by atoms with Gasteiger partial charge in [-0.1, -0.05) is 11.7 Å². The number of aryl methyl sites for hydroxylation is 2. The highest BCUT2D eigenvalue weighted by Crippen LogP contribution is 2.20. The van der Waals surface area contributed by atoms with Crippen molar-refractivity contribution in [2.75, 3.05) is 6.54 Å². The largest absolute Gasteiger partial charge is 0.478 e. The molecule has 0 radical (unpaired) electrons. The minimum atomic E-state index is -0.988. The summed E-state index contributed by atoms with van der Waals surface area (Å²) in [4.78, 5) is 10.6. The topological polar surface area (TPSA) is 75.4 Å². The number of aromatic nitrogens is 1. The fraction of sp³-hybridized carbons (Fsp3) is 0.455. The highest BCUT2D eigenvalue weighted by molar-refractivity contribution is 5.86. The van der Waals surface area contributed by atoms with E-state index in [1.807, 2.05) is 20.8 Å². The molecule has 1 aromatic heterocycles. The van der Waals surface area contributed by atoms with E-state index in [9.17, 15) is 4.79 Å². The number of carboxylic acid groups (broad SMARTS) is 1. The van der Waals surface area contributed by atoms with Crippen LogP contribution in [-0.4, -0.2) is 22.8 Å². The van der Waals surface area contributed by atoms with Crippen molar-refractivity contribution in [3.63, 3.8) is 0 Å². The third-order valence-corrected chi connectivity index (χ3v) is 2.45. The van der Waals surface area contributed by atoms with Crippen LogP contribution in [0.25, 0.3) is 0 Å². The molecule has 0 spiro atoms. The lowest BCUT2D eigenvalue weighted by Crippen LogP contribution is -2.24. The van der Waals surface area contributed by atoms with Crippen molar-refractivity contribution < 1.29 is 14.4 Å². The Morgan fingerprint density at radius 2 is 2.25 bits per heavy atom. The van der Waals surface area contributed by atoms with Crippen LogP contribution in [0.15, 0.2) is 16.7 Å². The van der Waals surface area contributed by atoms with Crippen molar-refractivity contribution in [2.45, 2.75) is 26.8 Å². The van der Waals surface area contributed by atoms with Gasteiger partial charge in [0.1, 0.15) is 5.76 Å². The van der Waals surface area contributed by atoms with Gasteiger partial charge in [-0.2, -0.15) is 0 Å². The molecule has 0 aliphatic heterocycles. The van der Waals surface area contributed by atoms with Crippen LogP contribution in [0.5, 0.6) is 0 Å². The van der Waals surface area contributed by atoms with Crippen LogP contribution in [0.2, 0.25) is 0 Å². The molecule has 16 heavy (non-hydrogen) atoms. The van der Waals surface area contributed by atoms with Gasteiger partial charge < -0.3 is 14.9 Å². The van der Waals surface area contributed by atoms with Crippen LogP contribution in [-0.2, 0) is 4.79 Å². The van der Waals surface area contributed by atoms with Gasteiger partial charge in [-0.3, -0.25) is 0 Å². The number of nitrogens with zero attached hydrogens (tertiary/aromatic N) is 1. The molecule has 0 saturated heterocycles. The summed E-state index contributed by atoms with van der Waals surface area (Å²) in [6.07, 6.45) is 0. The summed E-state index contributed by atoms with van der Waals surface area (Å²) in [7, 11) is 0. The summed E-state index contributed by atoms with van der Waals surface area (Å²) >= 11 is 0. The minimum absolute atomic E-state index is 0.0117. The summed E-state index contributed by atoms with van der Waals surface area (Å²) < 4.78 is 5.04. The number of nitrogens with one attached hydrogen (secondary N) is 1. The molecule has 0 aliphatic rings. The van der Waals surface area contributed by atoms with Crippen molar-refractivity contribution in [1.29, 1.82) is 0 Å². The van der Waals surface area contributed by atoms with Gasteiger partial charge in [0, 0.05) is 23.7 Å². The smallest absolute Gasteiger partial charge is 0.332 e. The van der Waals surface area contributed by atoms with Crippen LogP contribution in [0.3, 0.4) is 0 Å². The fourth-order valence-corrected chi connectivity index (χ4v) is 1.56. The summed E-state index contributed by atoms with van der Waals surface area (Å²) in [5.41, 5.74) is 1.93. The molecule has 5 heteroatoms. The zero-order valence-corrected chi connectivity index (χ0v) is 9.70. The molecule has 1 heterocycles.